The highest BCUT2D eigenvalue weighted by Crippen LogP contribution is 2.31. The molecule has 0 saturated heterocycles. The maximum atomic E-state index is 12.0. The molecule has 0 radical (unpaired) electrons. The highest BCUT2D eigenvalue weighted by Gasteiger charge is 2.16. The Balaban J connectivity index is 2.97. The zero-order chi connectivity index (χ0) is 16.4. The van der Waals surface area contributed by atoms with E-state index < -0.39 is 0 Å². The van der Waals surface area contributed by atoms with Crippen molar-refractivity contribution in [1.29, 1.82) is 0 Å². The molecular formula is C16H24O6. The van der Waals surface area contributed by atoms with Crippen LogP contribution in [0.4, 0.5) is 0 Å². The predicted molar refractivity (Wildman–Crippen MR) is 81.9 cm³/mol. The molecule has 0 unspecified atom stereocenters. The zero-order valence-corrected chi connectivity index (χ0v) is 13.6. The quantitative estimate of drug-likeness (QED) is 0.487. The van der Waals surface area contributed by atoms with E-state index in [0.29, 0.717) is 50.1 Å². The Labute approximate surface area is 131 Å². The summed E-state index contributed by atoms with van der Waals surface area (Å²) in [6, 6.07) is 3.41. The van der Waals surface area contributed by atoms with Crippen LogP contribution in [0.25, 0.3) is 0 Å². The molecule has 1 aromatic rings. The van der Waals surface area contributed by atoms with Crippen molar-refractivity contribution in [1.82, 2.24) is 0 Å². The molecule has 0 heterocycles. The van der Waals surface area contributed by atoms with E-state index in [1.165, 1.54) is 0 Å². The lowest BCUT2D eigenvalue weighted by molar-refractivity contribution is 0.0524. The molecule has 6 nitrogen and oxygen atoms in total. The number of hydrogen-bond donors (Lipinski definition) is 0. The van der Waals surface area contributed by atoms with Crippen LogP contribution >= 0.6 is 0 Å². The summed E-state index contributed by atoms with van der Waals surface area (Å²) in [7, 11) is 3.20. The van der Waals surface area contributed by atoms with Crippen LogP contribution in [0.3, 0.4) is 0 Å². The van der Waals surface area contributed by atoms with Gasteiger partial charge in [0, 0.05) is 14.2 Å². The minimum absolute atomic E-state index is 0.324. The second kappa shape index (κ2) is 10.0. The van der Waals surface area contributed by atoms with E-state index >= 15 is 0 Å². The molecule has 1 aromatic carbocycles. The number of hydrogen-bond acceptors (Lipinski definition) is 6. The fourth-order valence-electron chi connectivity index (χ4n) is 1.79. The Morgan fingerprint density at radius 1 is 0.955 bits per heavy atom. The lowest BCUT2D eigenvalue weighted by atomic mass is 10.1. The average Bonchev–Trinajstić information content (AvgIpc) is 2.49. The van der Waals surface area contributed by atoms with Crippen molar-refractivity contribution in [2.75, 3.05) is 47.3 Å². The number of ether oxygens (including phenoxy) is 5. The monoisotopic (exact) mass is 312 g/mol. The first-order chi connectivity index (χ1) is 10.6. The van der Waals surface area contributed by atoms with Gasteiger partial charge in [0.1, 0.15) is 13.2 Å². The van der Waals surface area contributed by atoms with Gasteiger partial charge in [0.25, 0.3) is 0 Å². The normalized spacial score (nSPS) is 10.4. The van der Waals surface area contributed by atoms with E-state index in [2.05, 4.69) is 0 Å². The van der Waals surface area contributed by atoms with Crippen molar-refractivity contribution >= 4 is 5.97 Å². The van der Waals surface area contributed by atoms with Crippen LogP contribution in [0, 0.1) is 6.92 Å². The molecule has 0 aromatic heterocycles. The molecule has 1 rings (SSSR count). The number of aryl methyl sites for hydroxylation is 1. The van der Waals surface area contributed by atoms with Gasteiger partial charge in [0.2, 0.25) is 0 Å². The van der Waals surface area contributed by atoms with E-state index in [4.69, 9.17) is 23.7 Å². The summed E-state index contributed by atoms with van der Waals surface area (Å²) < 4.78 is 26.3. The predicted octanol–water partition coefficient (Wildman–Crippen LogP) is 2.22. The van der Waals surface area contributed by atoms with E-state index in [1.54, 1.807) is 33.3 Å². The maximum Gasteiger partial charge on any atom is 0.338 e. The van der Waals surface area contributed by atoms with Gasteiger partial charge in [-0.25, -0.2) is 4.79 Å². The SMILES string of the molecule is CCOC(=O)c1cc(OCCOC)c(OCCOC)cc1C. The molecular weight excluding hydrogens is 288 g/mol. The number of esters is 1. The first-order valence-electron chi connectivity index (χ1n) is 7.19. The van der Waals surface area contributed by atoms with E-state index in [-0.39, 0.29) is 5.97 Å². The molecule has 0 atom stereocenters. The second-order valence-electron chi connectivity index (χ2n) is 4.52. The Hall–Kier alpha value is -1.79. The van der Waals surface area contributed by atoms with Crippen molar-refractivity contribution in [3.8, 4) is 11.5 Å². The molecule has 0 amide bonds. The Morgan fingerprint density at radius 2 is 1.50 bits per heavy atom. The minimum atomic E-state index is -0.375. The molecule has 22 heavy (non-hydrogen) atoms. The number of carbonyl (C=O) groups is 1. The molecule has 124 valence electrons. The number of carbonyl (C=O) groups excluding carboxylic acids is 1. The van der Waals surface area contributed by atoms with Crippen molar-refractivity contribution < 1.29 is 28.5 Å². The first kappa shape index (κ1) is 18.3. The summed E-state index contributed by atoms with van der Waals surface area (Å²) in [6.45, 7) is 5.60. The highest BCUT2D eigenvalue weighted by atomic mass is 16.6. The Kier molecular flexibility index (Phi) is 8.32. The van der Waals surface area contributed by atoms with Gasteiger partial charge in [0.15, 0.2) is 11.5 Å². The Morgan fingerprint density at radius 3 is 2.00 bits per heavy atom. The summed E-state index contributed by atoms with van der Waals surface area (Å²) in [5, 5.41) is 0. The van der Waals surface area contributed by atoms with Crippen molar-refractivity contribution in [2.24, 2.45) is 0 Å². The summed E-state index contributed by atoms with van der Waals surface area (Å²) in [4.78, 5) is 12.0. The van der Waals surface area contributed by atoms with Gasteiger partial charge in [-0.2, -0.15) is 0 Å². The molecule has 0 N–H and O–H groups in total. The van der Waals surface area contributed by atoms with Gasteiger partial charge >= 0.3 is 5.97 Å². The number of methoxy groups -OCH3 is 2. The van der Waals surface area contributed by atoms with E-state index in [1.807, 2.05) is 6.92 Å². The third kappa shape index (κ3) is 5.54. The molecule has 6 heteroatoms. The van der Waals surface area contributed by atoms with Crippen LogP contribution in [0.1, 0.15) is 22.8 Å². The molecule has 0 spiro atoms. The van der Waals surface area contributed by atoms with Gasteiger partial charge in [-0.1, -0.05) is 0 Å². The molecule has 0 aliphatic rings. The highest BCUT2D eigenvalue weighted by molar-refractivity contribution is 5.92. The third-order valence-electron chi connectivity index (χ3n) is 2.88. The molecule has 0 saturated carbocycles. The second-order valence-corrected chi connectivity index (χ2v) is 4.52. The summed E-state index contributed by atoms with van der Waals surface area (Å²) >= 11 is 0. The van der Waals surface area contributed by atoms with Crippen molar-refractivity contribution in [2.45, 2.75) is 13.8 Å². The Bertz CT molecular complexity index is 472. The van der Waals surface area contributed by atoms with E-state index in [0.717, 1.165) is 5.56 Å². The van der Waals surface area contributed by atoms with Crippen LogP contribution in [-0.2, 0) is 14.2 Å². The van der Waals surface area contributed by atoms with E-state index in [9.17, 15) is 4.79 Å². The number of rotatable bonds is 10. The van der Waals surface area contributed by atoms with Gasteiger partial charge in [-0.3, -0.25) is 0 Å². The minimum Gasteiger partial charge on any atom is -0.487 e. The fraction of sp³-hybridized carbons (Fsp3) is 0.562. The molecule has 0 fully saturated rings. The zero-order valence-electron chi connectivity index (χ0n) is 13.6. The topological polar surface area (TPSA) is 63.2 Å². The van der Waals surface area contributed by atoms with Crippen LogP contribution in [0.2, 0.25) is 0 Å². The van der Waals surface area contributed by atoms with Gasteiger partial charge in [0.05, 0.1) is 25.4 Å². The smallest absolute Gasteiger partial charge is 0.338 e. The van der Waals surface area contributed by atoms with Crippen molar-refractivity contribution in [3.63, 3.8) is 0 Å². The van der Waals surface area contributed by atoms with Gasteiger partial charge < -0.3 is 23.7 Å². The van der Waals surface area contributed by atoms with Crippen LogP contribution < -0.4 is 9.47 Å². The van der Waals surface area contributed by atoms with Crippen molar-refractivity contribution in [3.05, 3.63) is 23.3 Å². The maximum absolute atomic E-state index is 12.0. The molecule has 0 aliphatic heterocycles. The third-order valence-corrected chi connectivity index (χ3v) is 2.88. The van der Waals surface area contributed by atoms with Crippen LogP contribution in [-0.4, -0.2) is 53.2 Å². The number of benzene rings is 1. The largest absolute Gasteiger partial charge is 0.487 e. The fourth-order valence-corrected chi connectivity index (χ4v) is 1.79. The molecule has 0 aliphatic carbocycles. The standard InChI is InChI=1S/C16H24O6/c1-5-20-16(17)13-11-15(22-9-7-19-4)14(10-12(13)2)21-8-6-18-3/h10-11H,5-9H2,1-4H3. The average molecular weight is 312 g/mol. The summed E-state index contributed by atoms with van der Waals surface area (Å²) in [6.07, 6.45) is 0. The lowest BCUT2D eigenvalue weighted by Gasteiger charge is -2.15. The van der Waals surface area contributed by atoms with Gasteiger partial charge in [-0.15, -0.1) is 0 Å². The summed E-state index contributed by atoms with van der Waals surface area (Å²) in [5.41, 5.74) is 1.23. The molecule has 0 bridgehead atoms. The summed E-state index contributed by atoms with van der Waals surface area (Å²) in [5.74, 6) is 0.681. The van der Waals surface area contributed by atoms with Gasteiger partial charge in [-0.05, 0) is 31.5 Å². The lowest BCUT2D eigenvalue weighted by Crippen LogP contribution is -2.11. The van der Waals surface area contributed by atoms with Crippen LogP contribution in [0.15, 0.2) is 12.1 Å². The first-order valence-corrected chi connectivity index (χ1v) is 7.19. The van der Waals surface area contributed by atoms with Crippen LogP contribution in [0.5, 0.6) is 11.5 Å².